The minimum absolute atomic E-state index is 0.0361. The molecular weight excluding hydrogens is 234 g/mol. The third-order valence-corrected chi connectivity index (χ3v) is 3.23. The van der Waals surface area contributed by atoms with Crippen LogP contribution in [0.25, 0.3) is 0 Å². The summed E-state index contributed by atoms with van der Waals surface area (Å²) < 4.78 is 0. The number of nitrogens with zero attached hydrogens (tertiary/aromatic N) is 2. The number of hydrogen-bond donors (Lipinski definition) is 1. The fraction of sp³-hybridized carbons (Fsp3) is 0.312. The van der Waals surface area contributed by atoms with E-state index in [9.17, 15) is 0 Å². The van der Waals surface area contributed by atoms with Crippen LogP contribution in [0, 0.1) is 0 Å². The molecule has 1 aromatic heterocycles. The fourth-order valence-electron chi connectivity index (χ4n) is 2.22. The van der Waals surface area contributed by atoms with Crippen LogP contribution in [0.1, 0.15) is 31.1 Å². The van der Waals surface area contributed by atoms with Crippen molar-refractivity contribution in [3.8, 4) is 0 Å². The molecule has 0 fully saturated rings. The van der Waals surface area contributed by atoms with Crippen LogP contribution in [-0.4, -0.2) is 11.5 Å². The molecule has 0 bridgehead atoms. The minimum Gasteiger partial charge on any atom is -0.366 e. The van der Waals surface area contributed by atoms with Gasteiger partial charge < -0.3 is 10.6 Å². The summed E-state index contributed by atoms with van der Waals surface area (Å²) in [6.45, 7) is 5.91. The second-order valence-corrected chi connectivity index (χ2v) is 4.68. The van der Waals surface area contributed by atoms with E-state index in [1.54, 1.807) is 0 Å². The number of para-hydroxylation sites is 1. The summed E-state index contributed by atoms with van der Waals surface area (Å²) in [6.07, 6.45) is 1.83. The van der Waals surface area contributed by atoms with Gasteiger partial charge in [0, 0.05) is 24.5 Å². The molecule has 1 aromatic carbocycles. The summed E-state index contributed by atoms with van der Waals surface area (Å²) in [5.74, 6) is 0. The van der Waals surface area contributed by atoms with Crippen LogP contribution in [0.4, 0.5) is 5.69 Å². The maximum atomic E-state index is 6.06. The lowest BCUT2D eigenvalue weighted by Gasteiger charge is -2.26. The minimum atomic E-state index is 0.0361. The number of nitrogens with two attached hydrogens (primary N) is 1. The lowest BCUT2D eigenvalue weighted by Crippen LogP contribution is -2.25. The molecule has 0 aliphatic heterocycles. The van der Waals surface area contributed by atoms with Gasteiger partial charge in [0.05, 0.1) is 12.2 Å². The van der Waals surface area contributed by atoms with E-state index in [1.807, 2.05) is 31.3 Å². The molecule has 0 amide bonds. The maximum Gasteiger partial charge on any atom is 0.0602 e. The third-order valence-electron chi connectivity index (χ3n) is 3.23. The second-order valence-electron chi connectivity index (χ2n) is 4.68. The molecule has 3 nitrogen and oxygen atoms in total. The van der Waals surface area contributed by atoms with Crippen LogP contribution in [-0.2, 0) is 6.54 Å². The van der Waals surface area contributed by atoms with E-state index in [-0.39, 0.29) is 6.04 Å². The highest BCUT2D eigenvalue weighted by atomic mass is 15.1. The first-order valence-electron chi connectivity index (χ1n) is 6.71. The number of rotatable bonds is 5. The predicted octanol–water partition coefficient (Wildman–Crippen LogP) is 3.13. The smallest absolute Gasteiger partial charge is 0.0602 e. The molecule has 1 atom stereocenters. The Morgan fingerprint density at radius 2 is 1.89 bits per heavy atom. The normalized spacial score (nSPS) is 12.2. The molecule has 2 aromatic rings. The summed E-state index contributed by atoms with van der Waals surface area (Å²) in [6, 6.07) is 14.4. The van der Waals surface area contributed by atoms with Gasteiger partial charge in [0.15, 0.2) is 0 Å². The van der Waals surface area contributed by atoms with Gasteiger partial charge in [-0.25, -0.2) is 0 Å². The van der Waals surface area contributed by atoms with Gasteiger partial charge in [-0.2, -0.15) is 0 Å². The average molecular weight is 255 g/mol. The largest absolute Gasteiger partial charge is 0.366 e. The van der Waals surface area contributed by atoms with Crippen molar-refractivity contribution < 1.29 is 0 Å². The van der Waals surface area contributed by atoms with Gasteiger partial charge in [0.2, 0.25) is 0 Å². The summed E-state index contributed by atoms with van der Waals surface area (Å²) in [7, 11) is 0. The molecule has 0 saturated heterocycles. The Hall–Kier alpha value is -1.87. The van der Waals surface area contributed by atoms with Crippen LogP contribution in [0.15, 0.2) is 48.7 Å². The monoisotopic (exact) mass is 255 g/mol. The first-order valence-corrected chi connectivity index (χ1v) is 6.71. The quantitative estimate of drug-likeness (QED) is 0.892. The highest BCUT2D eigenvalue weighted by molar-refractivity contribution is 5.54. The van der Waals surface area contributed by atoms with Crippen LogP contribution in [0.2, 0.25) is 0 Å². The Morgan fingerprint density at radius 3 is 2.53 bits per heavy atom. The zero-order valence-electron chi connectivity index (χ0n) is 11.6. The van der Waals surface area contributed by atoms with Crippen molar-refractivity contribution in [2.24, 2.45) is 5.73 Å². The first-order chi connectivity index (χ1) is 9.22. The Morgan fingerprint density at radius 1 is 1.16 bits per heavy atom. The Bertz CT molecular complexity index is 508. The molecule has 0 radical (unpaired) electrons. The van der Waals surface area contributed by atoms with Gasteiger partial charge in [-0.3, -0.25) is 4.98 Å². The SMILES string of the molecule is CCN(Cc1ccccn1)c1ccccc1[C@@H](C)N. The van der Waals surface area contributed by atoms with Gasteiger partial charge in [0.1, 0.15) is 0 Å². The lowest BCUT2D eigenvalue weighted by molar-refractivity contribution is 0.769. The van der Waals surface area contributed by atoms with Crippen molar-refractivity contribution in [1.29, 1.82) is 0 Å². The highest BCUT2D eigenvalue weighted by Crippen LogP contribution is 2.25. The van der Waals surface area contributed by atoms with Crippen molar-refractivity contribution in [3.05, 3.63) is 59.9 Å². The van der Waals surface area contributed by atoms with Crippen LogP contribution >= 0.6 is 0 Å². The molecule has 100 valence electrons. The van der Waals surface area contributed by atoms with E-state index in [4.69, 9.17) is 5.73 Å². The average Bonchev–Trinajstić information content (AvgIpc) is 2.46. The molecule has 0 saturated carbocycles. The highest BCUT2D eigenvalue weighted by Gasteiger charge is 2.12. The molecule has 19 heavy (non-hydrogen) atoms. The van der Waals surface area contributed by atoms with Crippen molar-refractivity contribution >= 4 is 5.69 Å². The zero-order chi connectivity index (χ0) is 13.7. The van der Waals surface area contributed by atoms with Gasteiger partial charge in [-0.05, 0) is 37.6 Å². The van der Waals surface area contributed by atoms with Crippen LogP contribution in [0.3, 0.4) is 0 Å². The summed E-state index contributed by atoms with van der Waals surface area (Å²) in [5, 5.41) is 0. The molecular formula is C16H21N3. The van der Waals surface area contributed by atoms with E-state index in [0.717, 1.165) is 18.8 Å². The number of aromatic nitrogens is 1. The number of hydrogen-bond acceptors (Lipinski definition) is 3. The van der Waals surface area contributed by atoms with E-state index < -0.39 is 0 Å². The Kier molecular flexibility index (Phi) is 4.53. The molecule has 0 unspecified atom stereocenters. The van der Waals surface area contributed by atoms with Crippen LogP contribution < -0.4 is 10.6 Å². The topological polar surface area (TPSA) is 42.2 Å². The summed E-state index contributed by atoms with van der Waals surface area (Å²) in [4.78, 5) is 6.70. The standard InChI is InChI=1S/C16H21N3/c1-3-19(12-14-8-6-7-11-18-14)16-10-5-4-9-15(16)13(2)17/h4-11,13H,3,12,17H2,1-2H3/t13-/m1/s1. The van der Waals surface area contributed by atoms with E-state index in [2.05, 4.69) is 41.1 Å². The molecule has 2 rings (SSSR count). The van der Waals surface area contributed by atoms with Crippen LogP contribution in [0.5, 0.6) is 0 Å². The third kappa shape index (κ3) is 3.32. The second kappa shape index (κ2) is 6.34. The first kappa shape index (κ1) is 13.6. The molecule has 0 spiro atoms. The predicted molar refractivity (Wildman–Crippen MR) is 80.0 cm³/mol. The molecule has 0 aliphatic carbocycles. The van der Waals surface area contributed by atoms with E-state index in [0.29, 0.717) is 0 Å². The van der Waals surface area contributed by atoms with Crippen molar-refractivity contribution in [3.63, 3.8) is 0 Å². The van der Waals surface area contributed by atoms with Gasteiger partial charge in [0.25, 0.3) is 0 Å². The summed E-state index contributed by atoms with van der Waals surface area (Å²) >= 11 is 0. The number of anilines is 1. The zero-order valence-corrected chi connectivity index (χ0v) is 11.6. The van der Waals surface area contributed by atoms with E-state index in [1.165, 1.54) is 11.3 Å². The van der Waals surface area contributed by atoms with Crippen molar-refractivity contribution in [2.75, 3.05) is 11.4 Å². The molecule has 2 N–H and O–H groups in total. The molecule has 3 heteroatoms. The Labute approximate surface area is 115 Å². The van der Waals surface area contributed by atoms with Gasteiger partial charge in [-0.1, -0.05) is 24.3 Å². The van der Waals surface area contributed by atoms with Crippen molar-refractivity contribution in [1.82, 2.24) is 4.98 Å². The summed E-state index contributed by atoms with van der Waals surface area (Å²) in [5.41, 5.74) is 9.51. The number of benzene rings is 1. The van der Waals surface area contributed by atoms with Crippen molar-refractivity contribution in [2.45, 2.75) is 26.4 Å². The van der Waals surface area contributed by atoms with Gasteiger partial charge in [-0.15, -0.1) is 0 Å². The lowest BCUT2D eigenvalue weighted by atomic mass is 10.1. The Balaban J connectivity index is 2.27. The number of pyridine rings is 1. The van der Waals surface area contributed by atoms with Gasteiger partial charge >= 0.3 is 0 Å². The molecule has 0 aliphatic rings. The maximum absolute atomic E-state index is 6.06. The van der Waals surface area contributed by atoms with E-state index >= 15 is 0 Å². The fourth-order valence-corrected chi connectivity index (χ4v) is 2.22. The molecule has 1 heterocycles.